The number of hydrogen-bond donors (Lipinski definition) is 1. The van der Waals surface area contributed by atoms with E-state index in [1.807, 2.05) is 30.3 Å². The maximum Gasteiger partial charge on any atom is 0.271 e. The first-order valence-corrected chi connectivity index (χ1v) is 8.40. The van der Waals surface area contributed by atoms with Crippen molar-refractivity contribution in [3.05, 3.63) is 66.6 Å². The molecule has 0 atom stereocenters. The third kappa shape index (κ3) is 3.31. The zero-order valence-corrected chi connectivity index (χ0v) is 13.6. The molecule has 1 N–H and O–H groups in total. The average Bonchev–Trinajstić information content (AvgIpc) is 3.12. The summed E-state index contributed by atoms with van der Waals surface area (Å²) in [4.78, 5) is 3.93. The summed E-state index contributed by atoms with van der Waals surface area (Å²) in [6.45, 7) is 5.07. The molecule has 0 aliphatic carbocycles. The van der Waals surface area contributed by atoms with Crippen LogP contribution < -0.4 is 9.80 Å². The molecule has 2 heterocycles. The summed E-state index contributed by atoms with van der Waals surface area (Å²) >= 11 is 0. The summed E-state index contributed by atoms with van der Waals surface area (Å²) in [5, 5.41) is 8.39. The Bertz CT molecular complexity index is 764. The lowest BCUT2D eigenvalue weighted by molar-refractivity contribution is -0.915. The van der Waals surface area contributed by atoms with E-state index < -0.39 is 0 Å². The predicted molar refractivity (Wildman–Crippen MR) is 92.8 cm³/mol. The molecule has 1 aromatic heterocycles. The Morgan fingerprint density at radius 2 is 1.54 bits per heavy atom. The van der Waals surface area contributed by atoms with Crippen LogP contribution in [0, 0.1) is 0 Å². The van der Waals surface area contributed by atoms with Gasteiger partial charge < -0.3 is 14.2 Å². The van der Waals surface area contributed by atoms with Crippen LogP contribution >= 0.6 is 0 Å². The van der Waals surface area contributed by atoms with Crippen molar-refractivity contribution in [3.63, 3.8) is 0 Å². The van der Waals surface area contributed by atoms with Gasteiger partial charge in [0, 0.05) is 11.3 Å². The van der Waals surface area contributed by atoms with E-state index in [9.17, 15) is 0 Å². The molecule has 1 aliphatic heterocycles. The molecule has 4 rings (SSSR count). The average molecular weight is 321 g/mol. The minimum absolute atomic E-state index is 0.605. The number of quaternary nitrogens is 1. The molecule has 2 aromatic carbocycles. The van der Waals surface area contributed by atoms with Gasteiger partial charge in [-0.25, -0.2) is 0 Å². The molecule has 0 unspecified atom stereocenters. The molecule has 5 heteroatoms. The van der Waals surface area contributed by atoms with E-state index in [1.165, 1.54) is 10.6 Å². The normalized spacial score (nSPS) is 15.6. The highest BCUT2D eigenvalue weighted by molar-refractivity contribution is 5.51. The molecule has 3 aromatic rings. The van der Waals surface area contributed by atoms with Crippen molar-refractivity contribution in [2.24, 2.45) is 0 Å². The number of rotatable bonds is 4. The third-order valence-corrected chi connectivity index (χ3v) is 4.48. The number of nitrogens with zero attached hydrogens (tertiary/aromatic N) is 3. The van der Waals surface area contributed by atoms with Gasteiger partial charge in [-0.15, -0.1) is 10.2 Å². The highest BCUT2D eigenvalue weighted by Crippen LogP contribution is 2.16. The second kappa shape index (κ2) is 6.84. The van der Waals surface area contributed by atoms with Crippen molar-refractivity contribution < 1.29 is 9.32 Å². The van der Waals surface area contributed by atoms with Gasteiger partial charge in [-0.3, -0.25) is 0 Å². The van der Waals surface area contributed by atoms with Crippen molar-refractivity contribution in [2.75, 3.05) is 31.1 Å². The van der Waals surface area contributed by atoms with Crippen LogP contribution in [0.25, 0.3) is 11.5 Å². The fourth-order valence-corrected chi connectivity index (χ4v) is 3.13. The molecule has 0 spiro atoms. The first-order chi connectivity index (χ1) is 11.9. The van der Waals surface area contributed by atoms with Crippen LogP contribution in [-0.4, -0.2) is 36.4 Å². The molecule has 24 heavy (non-hydrogen) atoms. The van der Waals surface area contributed by atoms with Gasteiger partial charge in [0.1, 0.15) is 0 Å². The fraction of sp³-hybridized carbons (Fsp3) is 0.263. The molecule has 122 valence electrons. The highest BCUT2D eigenvalue weighted by Gasteiger charge is 2.22. The smallest absolute Gasteiger partial charge is 0.271 e. The van der Waals surface area contributed by atoms with Crippen LogP contribution in [0.1, 0.15) is 5.89 Å². The maximum atomic E-state index is 5.83. The van der Waals surface area contributed by atoms with Crippen LogP contribution in [0.3, 0.4) is 0 Å². The summed E-state index contributed by atoms with van der Waals surface area (Å²) in [5.74, 6) is 1.32. The first-order valence-electron chi connectivity index (χ1n) is 8.40. The fourth-order valence-electron chi connectivity index (χ4n) is 3.13. The van der Waals surface area contributed by atoms with E-state index >= 15 is 0 Å². The molecule has 1 fully saturated rings. The quantitative estimate of drug-likeness (QED) is 0.794. The van der Waals surface area contributed by atoms with Gasteiger partial charge in [-0.05, 0) is 24.3 Å². The van der Waals surface area contributed by atoms with Crippen LogP contribution in [-0.2, 0) is 6.54 Å². The minimum Gasteiger partial charge on any atom is -0.415 e. The first kappa shape index (κ1) is 14.9. The van der Waals surface area contributed by atoms with Gasteiger partial charge in [0.25, 0.3) is 5.89 Å². The molecule has 0 amide bonds. The topological polar surface area (TPSA) is 46.6 Å². The van der Waals surface area contributed by atoms with Gasteiger partial charge >= 0.3 is 0 Å². The molecule has 1 saturated heterocycles. The SMILES string of the molecule is c1ccc(-c2nnc(C[NH+]3CCN(c4ccccc4)CC3)o2)cc1. The van der Waals surface area contributed by atoms with Crippen LogP contribution in [0.4, 0.5) is 5.69 Å². The summed E-state index contributed by atoms with van der Waals surface area (Å²) in [7, 11) is 0. The third-order valence-electron chi connectivity index (χ3n) is 4.48. The molecule has 0 saturated carbocycles. The zero-order chi connectivity index (χ0) is 16.2. The summed E-state index contributed by atoms with van der Waals surface area (Å²) in [6.07, 6.45) is 0. The van der Waals surface area contributed by atoms with Gasteiger partial charge in [0.05, 0.1) is 26.2 Å². The summed E-state index contributed by atoms with van der Waals surface area (Å²) in [6, 6.07) is 20.5. The van der Waals surface area contributed by atoms with Crippen molar-refractivity contribution in [1.82, 2.24) is 10.2 Å². The largest absolute Gasteiger partial charge is 0.415 e. The Morgan fingerprint density at radius 1 is 0.875 bits per heavy atom. The number of nitrogens with one attached hydrogen (secondary N) is 1. The molecule has 5 nitrogen and oxygen atoms in total. The van der Waals surface area contributed by atoms with Gasteiger partial charge in [-0.2, -0.15) is 0 Å². The molecule has 1 aliphatic rings. The Kier molecular flexibility index (Phi) is 4.25. The van der Waals surface area contributed by atoms with Gasteiger partial charge in [0.2, 0.25) is 5.89 Å². The lowest BCUT2D eigenvalue weighted by atomic mass is 10.2. The van der Waals surface area contributed by atoms with Gasteiger partial charge in [-0.1, -0.05) is 36.4 Å². The van der Waals surface area contributed by atoms with E-state index in [0.29, 0.717) is 5.89 Å². The number of piperazine rings is 1. The molecular weight excluding hydrogens is 300 g/mol. The molecule has 0 radical (unpaired) electrons. The van der Waals surface area contributed by atoms with E-state index in [2.05, 4.69) is 45.4 Å². The summed E-state index contributed by atoms with van der Waals surface area (Å²) in [5.41, 5.74) is 2.28. The number of aromatic nitrogens is 2. The Labute approximate surface area is 141 Å². The Balaban J connectivity index is 1.35. The number of para-hydroxylation sites is 1. The van der Waals surface area contributed by atoms with E-state index in [1.54, 1.807) is 0 Å². The molecule has 0 bridgehead atoms. The van der Waals surface area contributed by atoms with Crippen LogP contribution in [0.2, 0.25) is 0 Å². The monoisotopic (exact) mass is 321 g/mol. The standard InChI is InChI=1S/C19H20N4O/c1-3-7-16(8-4-1)19-21-20-18(24-19)15-22-11-13-23(14-12-22)17-9-5-2-6-10-17/h1-10H,11-15H2/p+1. The van der Waals surface area contributed by atoms with Crippen LogP contribution in [0.5, 0.6) is 0 Å². The lowest BCUT2D eigenvalue weighted by Crippen LogP contribution is -3.13. The van der Waals surface area contributed by atoms with Crippen molar-refractivity contribution >= 4 is 5.69 Å². The maximum absolute atomic E-state index is 5.83. The van der Waals surface area contributed by atoms with E-state index in [-0.39, 0.29) is 0 Å². The molecular formula is C19H21N4O+. The van der Waals surface area contributed by atoms with Crippen molar-refractivity contribution in [3.8, 4) is 11.5 Å². The van der Waals surface area contributed by atoms with E-state index in [4.69, 9.17) is 4.42 Å². The second-order valence-corrected chi connectivity index (χ2v) is 6.12. The van der Waals surface area contributed by atoms with Crippen molar-refractivity contribution in [1.29, 1.82) is 0 Å². The number of benzene rings is 2. The lowest BCUT2D eigenvalue weighted by Gasteiger charge is -2.33. The number of anilines is 1. The Hall–Kier alpha value is -2.66. The second-order valence-electron chi connectivity index (χ2n) is 6.12. The summed E-state index contributed by atoms with van der Waals surface area (Å²) < 4.78 is 5.83. The van der Waals surface area contributed by atoms with Gasteiger partial charge in [0.15, 0.2) is 6.54 Å². The van der Waals surface area contributed by atoms with E-state index in [0.717, 1.165) is 44.2 Å². The van der Waals surface area contributed by atoms with Crippen molar-refractivity contribution in [2.45, 2.75) is 6.54 Å². The Morgan fingerprint density at radius 3 is 2.25 bits per heavy atom. The van der Waals surface area contributed by atoms with Crippen LogP contribution in [0.15, 0.2) is 65.1 Å². The highest BCUT2D eigenvalue weighted by atomic mass is 16.4. The predicted octanol–water partition coefficient (Wildman–Crippen LogP) is 1.64. The minimum atomic E-state index is 0.605. The number of hydrogen-bond acceptors (Lipinski definition) is 4. The zero-order valence-electron chi connectivity index (χ0n) is 13.6.